The Bertz CT molecular complexity index is 293. The van der Waals surface area contributed by atoms with Gasteiger partial charge in [-0.2, -0.15) is 0 Å². The van der Waals surface area contributed by atoms with Crippen molar-refractivity contribution in [1.82, 2.24) is 0 Å². The van der Waals surface area contributed by atoms with Crippen LogP contribution in [-0.4, -0.2) is 32.5 Å². The summed E-state index contributed by atoms with van der Waals surface area (Å²) >= 11 is 0. The van der Waals surface area contributed by atoms with E-state index >= 15 is 0 Å². The van der Waals surface area contributed by atoms with Gasteiger partial charge in [0, 0.05) is 0 Å². The Morgan fingerprint density at radius 1 is 1.46 bits per heavy atom. The lowest BCUT2D eigenvalue weighted by Gasteiger charge is -2.26. The maximum Gasteiger partial charge on any atom is 0.324 e. The molecule has 1 aliphatic heterocycles. The molecule has 0 radical (unpaired) electrons. The number of esters is 1. The van der Waals surface area contributed by atoms with Gasteiger partial charge in [0.25, 0.3) is 0 Å². The molecule has 0 aliphatic carbocycles. The van der Waals surface area contributed by atoms with Crippen LogP contribution in [0.2, 0.25) is 0 Å². The molecule has 4 nitrogen and oxygen atoms in total. The predicted octanol–water partition coefficient (Wildman–Crippen LogP) is 0.373. The number of hydrogen-bond donors (Lipinski definition) is 0. The highest BCUT2D eigenvalue weighted by molar-refractivity contribution is 7.92. The standard InChI is InChI=1S/C8H14O4S/c1-6-4-3-5-13(10,11)7(6)8(9)12-2/h6-7H,3-5H2,1-2H3/t6-,7-/m1/s1. The van der Waals surface area contributed by atoms with Crippen LogP contribution in [0.25, 0.3) is 0 Å². The Morgan fingerprint density at radius 2 is 2.08 bits per heavy atom. The second-order valence-corrected chi connectivity index (χ2v) is 5.67. The summed E-state index contributed by atoms with van der Waals surface area (Å²) < 4.78 is 27.5. The molecular formula is C8H14O4S. The summed E-state index contributed by atoms with van der Waals surface area (Å²) in [6.07, 6.45) is 1.43. The molecule has 0 unspecified atom stereocenters. The normalized spacial score (nSPS) is 32.5. The Balaban J connectivity index is 2.94. The van der Waals surface area contributed by atoms with Crippen molar-refractivity contribution in [2.75, 3.05) is 12.9 Å². The van der Waals surface area contributed by atoms with Crippen LogP contribution in [0.3, 0.4) is 0 Å². The number of sulfone groups is 1. The van der Waals surface area contributed by atoms with Crippen LogP contribution in [0.15, 0.2) is 0 Å². The van der Waals surface area contributed by atoms with E-state index in [1.807, 2.05) is 0 Å². The van der Waals surface area contributed by atoms with Gasteiger partial charge >= 0.3 is 5.97 Å². The molecule has 0 aromatic heterocycles. The van der Waals surface area contributed by atoms with Gasteiger partial charge < -0.3 is 4.74 Å². The van der Waals surface area contributed by atoms with Crippen molar-refractivity contribution >= 4 is 15.8 Å². The van der Waals surface area contributed by atoms with Crippen molar-refractivity contribution in [2.45, 2.75) is 25.0 Å². The smallest absolute Gasteiger partial charge is 0.324 e. The zero-order valence-corrected chi connectivity index (χ0v) is 8.63. The van der Waals surface area contributed by atoms with Gasteiger partial charge in [0.05, 0.1) is 12.9 Å². The van der Waals surface area contributed by atoms with Gasteiger partial charge in [-0.15, -0.1) is 0 Å². The summed E-state index contributed by atoms with van der Waals surface area (Å²) in [5, 5.41) is -0.939. The maximum absolute atomic E-state index is 11.5. The molecular weight excluding hydrogens is 192 g/mol. The van der Waals surface area contributed by atoms with Crippen LogP contribution < -0.4 is 0 Å². The Morgan fingerprint density at radius 3 is 2.54 bits per heavy atom. The lowest BCUT2D eigenvalue weighted by molar-refractivity contribution is -0.141. The molecule has 13 heavy (non-hydrogen) atoms. The van der Waals surface area contributed by atoms with Crippen molar-refractivity contribution in [2.24, 2.45) is 5.92 Å². The van der Waals surface area contributed by atoms with Gasteiger partial charge in [0.1, 0.15) is 0 Å². The zero-order valence-electron chi connectivity index (χ0n) is 7.82. The molecule has 0 bridgehead atoms. The first-order valence-corrected chi connectivity index (χ1v) is 6.00. The maximum atomic E-state index is 11.5. The topological polar surface area (TPSA) is 60.4 Å². The van der Waals surface area contributed by atoms with Gasteiger partial charge in [0.2, 0.25) is 0 Å². The Labute approximate surface area is 78.2 Å². The van der Waals surface area contributed by atoms with Crippen LogP contribution in [0, 0.1) is 5.92 Å². The second-order valence-electron chi connectivity index (χ2n) is 3.43. The van der Waals surface area contributed by atoms with E-state index in [0.717, 1.165) is 6.42 Å². The second kappa shape index (κ2) is 3.65. The minimum Gasteiger partial charge on any atom is -0.468 e. The monoisotopic (exact) mass is 206 g/mol. The molecule has 1 heterocycles. The summed E-state index contributed by atoms with van der Waals surface area (Å²) in [5.74, 6) is -0.629. The first-order valence-electron chi connectivity index (χ1n) is 4.28. The molecule has 1 fully saturated rings. The predicted molar refractivity (Wildman–Crippen MR) is 48.0 cm³/mol. The van der Waals surface area contributed by atoms with Crippen LogP contribution in [-0.2, 0) is 19.4 Å². The molecule has 0 N–H and O–H groups in total. The van der Waals surface area contributed by atoms with Gasteiger partial charge in [-0.1, -0.05) is 6.92 Å². The van der Waals surface area contributed by atoms with Gasteiger partial charge in [-0.3, -0.25) is 4.79 Å². The van der Waals surface area contributed by atoms with E-state index in [2.05, 4.69) is 4.74 Å². The molecule has 0 amide bonds. The lowest BCUT2D eigenvalue weighted by Crippen LogP contribution is -2.41. The lowest BCUT2D eigenvalue weighted by atomic mass is 10.0. The van der Waals surface area contributed by atoms with Crippen LogP contribution in [0.5, 0.6) is 0 Å². The number of ether oxygens (including phenoxy) is 1. The van der Waals surface area contributed by atoms with Crippen LogP contribution >= 0.6 is 0 Å². The van der Waals surface area contributed by atoms with Crippen molar-refractivity contribution < 1.29 is 17.9 Å². The first kappa shape index (κ1) is 10.5. The molecule has 0 aromatic carbocycles. The third kappa shape index (κ3) is 2.02. The largest absolute Gasteiger partial charge is 0.468 e. The number of rotatable bonds is 1. The minimum absolute atomic E-state index is 0.108. The van der Waals surface area contributed by atoms with Crippen molar-refractivity contribution in [3.63, 3.8) is 0 Å². The quantitative estimate of drug-likeness (QED) is 0.582. The molecule has 0 spiro atoms. The molecule has 76 valence electrons. The summed E-state index contributed by atoms with van der Waals surface area (Å²) in [6.45, 7) is 1.78. The molecule has 2 atom stereocenters. The third-order valence-corrected chi connectivity index (χ3v) is 4.71. The molecule has 0 aromatic rings. The average molecular weight is 206 g/mol. The highest BCUT2D eigenvalue weighted by Gasteiger charge is 2.40. The Hall–Kier alpha value is -0.580. The van der Waals surface area contributed by atoms with Crippen LogP contribution in [0.1, 0.15) is 19.8 Å². The van der Waals surface area contributed by atoms with E-state index in [9.17, 15) is 13.2 Å². The zero-order chi connectivity index (χ0) is 10.1. The SMILES string of the molecule is COC(=O)[C@H]1[C@H](C)CCCS1(=O)=O. The highest BCUT2D eigenvalue weighted by atomic mass is 32.2. The first-order chi connectivity index (χ1) is 5.99. The summed E-state index contributed by atoms with van der Waals surface area (Å²) in [4.78, 5) is 11.2. The molecule has 1 rings (SSSR count). The van der Waals surface area contributed by atoms with Gasteiger partial charge in [-0.05, 0) is 18.8 Å². The van der Waals surface area contributed by atoms with Crippen molar-refractivity contribution in [1.29, 1.82) is 0 Å². The summed E-state index contributed by atoms with van der Waals surface area (Å²) in [6, 6.07) is 0. The highest BCUT2D eigenvalue weighted by Crippen LogP contribution is 2.26. The van der Waals surface area contributed by atoms with Crippen molar-refractivity contribution in [3.8, 4) is 0 Å². The molecule has 0 saturated carbocycles. The van der Waals surface area contributed by atoms with E-state index in [0.29, 0.717) is 6.42 Å². The van der Waals surface area contributed by atoms with Gasteiger partial charge in [0.15, 0.2) is 15.1 Å². The average Bonchev–Trinajstić information content (AvgIpc) is 2.02. The molecule has 1 aliphatic rings. The molecule has 5 heteroatoms. The fourth-order valence-corrected chi connectivity index (χ4v) is 3.79. The van der Waals surface area contributed by atoms with E-state index in [1.165, 1.54) is 7.11 Å². The fraction of sp³-hybridized carbons (Fsp3) is 0.875. The fourth-order valence-electron chi connectivity index (χ4n) is 1.73. The Kier molecular flexibility index (Phi) is 2.95. The summed E-state index contributed by atoms with van der Waals surface area (Å²) in [7, 11) is -2.04. The van der Waals surface area contributed by atoms with E-state index < -0.39 is 21.1 Å². The van der Waals surface area contributed by atoms with Crippen molar-refractivity contribution in [3.05, 3.63) is 0 Å². The van der Waals surface area contributed by atoms with E-state index in [4.69, 9.17) is 0 Å². The van der Waals surface area contributed by atoms with E-state index in [-0.39, 0.29) is 11.7 Å². The number of carbonyl (C=O) groups is 1. The minimum atomic E-state index is -3.26. The van der Waals surface area contributed by atoms with Gasteiger partial charge in [-0.25, -0.2) is 8.42 Å². The van der Waals surface area contributed by atoms with Crippen LogP contribution in [0.4, 0.5) is 0 Å². The number of carbonyl (C=O) groups excluding carboxylic acids is 1. The molecule has 1 saturated heterocycles. The third-order valence-electron chi connectivity index (χ3n) is 2.43. The van der Waals surface area contributed by atoms with E-state index in [1.54, 1.807) is 6.92 Å². The summed E-state index contributed by atoms with van der Waals surface area (Å²) in [5.41, 5.74) is 0. The number of methoxy groups -OCH3 is 1. The number of hydrogen-bond acceptors (Lipinski definition) is 4.